The number of carbonyl (C=O) groups excluding carboxylic acids is 4. The average Bonchev–Trinajstić information content (AvgIpc) is 2.98. The zero-order valence-corrected chi connectivity index (χ0v) is 22.5. The molecule has 9 atom stereocenters. The largest absolute Gasteiger partial charge is 0.458 e. The van der Waals surface area contributed by atoms with Gasteiger partial charge in [0.1, 0.15) is 6.17 Å². The Morgan fingerprint density at radius 3 is 2.39 bits per heavy atom. The predicted octanol–water partition coefficient (Wildman–Crippen LogP) is 3.71. The van der Waals surface area contributed by atoms with Crippen LogP contribution in [-0.2, 0) is 28.7 Å². The van der Waals surface area contributed by atoms with Gasteiger partial charge in [0, 0.05) is 36.5 Å². The van der Waals surface area contributed by atoms with Crippen molar-refractivity contribution in [3.8, 4) is 0 Å². The number of esters is 2. The first-order valence-electron chi connectivity index (χ1n) is 12.1. The van der Waals surface area contributed by atoms with Crippen LogP contribution in [0, 0.1) is 28.6 Å². The summed E-state index contributed by atoms with van der Waals surface area (Å²) in [6.07, 6.45) is -1.19. The van der Waals surface area contributed by atoms with Gasteiger partial charge < -0.3 is 14.6 Å². The molecule has 0 amide bonds. The molecule has 0 aliphatic heterocycles. The van der Waals surface area contributed by atoms with E-state index in [-0.39, 0.29) is 29.3 Å². The highest BCUT2D eigenvalue weighted by molar-refractivity contribution is 9.12. The van der Waals surface area contributed by atoms with Crippen LogP contribution in [0.4, 0.5) is 8.78 Å². The Hall–Kier alpha value is -1.94. The van der Waals surface area contributed by atoms with Crippen molar-refractivity contribution in [2.75, 3.05) is 6.61 Å². The van der Waals surface area contributed by atoms with Crippen molar-refractivity contribution in [2.45, 2.75) is 77.4 Å². The van der Waals surface area contributed by atoms with E-state index in [1.807, 2.05) is 0 Å². The number of ketones is 2. The lowest BCUT2D eigenvalue weighted by atomic mass is 9.44. The molecule has 0 unspecified atom stereocenters. The number of Topliss-reactive ketones (excluding diaryl/α,β-unsaturated/α-hetero) is 1. The lowest BCUT2D eigenvalue weighted by Crippen LogP contribution is -2.71. The van der Waals surface area contributed by atoms with Gasteiger partial charge in [0.25, 0.3) is 0 Å². The molecule has 0 radical (unpaired) electrons. The maximum Gasteiger partial charge on any atom is 0.303 e. The first-order chi connectivity index (χ1) is 16.6. The number of allylic oxidation sites excluding steroid dienone is 4. The normalized spacial score (nSPS) is 45.5. The Bertz CT molecular complexity index is 1100. The van der Waals surface area contributed by atoms with E-state index in [9.17, 15) is 24.3 Å². The zero-order chi connectivity index (χ0) is 27.0. The minimum absolute atomic E-state index is 0.0136. The van der Waals surface area contributed by atoms with E-state index in [4.69, 9.17) is 9.47 Å². The van der Waals surface area contributed by atoms with Gasteiger partial charge in [0.2, 0.25) is 5.78 Å². The van der Waals surface area contributed by atoms with Crippen molar-refractivity contribution in [3.63, 3.8) is 0 Å². The second kappa shape index (κ2) is 8.55. The molecule has 0 aromatic carbocycles. The number of aliphatic hydroxyl groups excluding tert-OH is 1. The zero-order valence-electron chi connectivity index (χ0n) is 20.9. The molecule has 4 aliphatic carbocycles. The molecule has 0 aromatic rings. The Morgan fingerprint density at radius 1 is 1.17 bits per heavy atom. The summed E-state index contributed by atoms with van der Waals surface area (Å²) in [5.74, 6) is -4.88. The van der Waals surface area contributed by atoms with E-state index in [0.717, 1.165) is 19.9 Å². The molecule has 3 fully saturated rings. The Morgan fingerprint density at radius 2 is 1.81 bits per heavy atom. The molecule has 0 aromatic heterocycles. The minimum atomic E-state index is -2.35. The van der Waals surface area contributed by atoms with Crippen LogP contribution < -0.4 is 0 Å². The lowest BCUT2D eigenvalue weighted by molar-refractivity contribution is -0.231. The van der Waals surface area contributed by atoms with E-state index in [1.165, 1.54) is 13.0 Å². The SMILES string of the molecule is CC(=O)OCC(=O)[C@]1(OC(C)=O)[C@H](C)C[C@H]2[C@@H]3C[C@@H](F)C4=CC(=O)C(Br)=C[C@]4(C)[C@@]3(F)[C@@H](O)C[C@@]21C. The number of fused-ring (bicyclic) bond motifs is 5. The molecular weight excluding hydrogens is 542 g/mol. The molecule has 10 heteroatoms. The summed E-state index contributed by atoms with van der Waals surface area (Å²) in [7, 11) is 0. The third-order valence-corrected chi connectivity index (χ3v) is 9.97. The monoisotopic (exact) mass is 572 g/mol. The van der Waals surface area contributed by atoms with Crippen molar-refractivity contribution >= 4 is 39.4 Å². The van der Waals surface area contributed by atoms with Gasteiger partial charge in [-0.25, -0.2) is 8.78 Å². The summed E-state index contributed by atoms with van der Waals surface area (Å²) < 4.78 is 43.9. The van der Waals surface area contributed by atoms with Crippen LogP contribution in [-0.4, -0.2) is 58.8 Å². The Kier molecular flexibility index (Phi) is 6.43. The van der Waals surface area contributed by atoms with Crippen LogP contribution in [0.1, 0.15) is 53.9 Å². The lowest BCUT2D eigenvalue weighted by Gasteiger charge is -2.63. The molecule has 198 valence electrons. The molecule has 0 bridgehead atoms. The summed E-state index contributed by atoms with van der Waals surface area (Å²) >= 11 is 3.15. The third-order valence-electron chi connectivity index (χ3n) is 9.35. The molecule has 7 nitrogen and oxygen atoms in total. The first kappa shape index (κ1) is 27.1. The number of aliphatic hydroxyl groups is 1. The van der Waals surface area contributed by atoms with Crippen molar-refractivity contribution in [1.29, 1.82) is 0 Å². The number of halogens is 3. The molecule has 0 heterocycles. The summed E-state index contributed by atoms with van der Waals surface area (Å²) in [5, 5.41) is 11.5. The first-order valence-corrected chi connectivity index (χ1v) is 12.9. The Labute approximate surface area is 216 Å². The molecule has 0 saturated heterocycles. The van der Waals surface area contributed by atoms with Crippen molar-refractivity contribution in [1.82, 2.24) is 0 Å². The predicted molar refractivity (Wildman–Crippen MR) is 127 cm³/mol. The van der Waals surface area contributed by atoms with Gasteiger partial charge in [0.05, 0.1) is 10.6 Å². The van der Waals surface area contributed by atoms with Gasteiger partial charge in [-0.2, -0.15) is 0 Å². The number of alkyl halides is 2. The fourth-order valence-electron chi connectivity index (χ4n) is 7.95. The molecule has 4 rings (SSSR count). The van der Waals surface area contributed by atoms with Crippen LogP contribution in [0.25, 0.3) is 0 Å². The maximum absolute atomic E-state index is 17.4. The fraction of sp³-hybridized carbons (Fsp3) is 0.692. The summed E-state index contributed by atoms with van der Waals surface area (Å²) in [6.45, 7) is 6.50. The van der Waals surface area contributed by atoms with Gasteiger partial charge in [-0.3, -0.25) is 19.2 Å². The van der Waals surface area contributed by atoms with Gasteiger partial charge in [-0.05, 0) is 59.7 Å². The standard InChI is InChI=1S/C26H31BrF2O7/c1-12-6-15-16-7-19(28)17-8-20(32)18(27)9-23(17,4)25(16,29)21(33)10-24(15,5)26(12,36-14(3)31)22(34)11-35-13(2)30/h8-9,12,15-16,19,21,33H,6-7,10-11H2,1-5H3/t12-,15+,16+,19-,21+,23+,24+,25+,26-/m1/s1. The van der Waals surface area contributed by atoms with E-state index < -0.39 is 82.2 Å². The highest BCUT2D eigenvalue weighted by Crippen LogP contribution is 2.71. The number of ether oxygens (including phenoxy) is 2. The number of rotatable bonds is 4. The number of hydrogen-bond donors (Lipinski definition) is 1. The van der Waals surface area contributed by atoms with E-state index in [1.54, 1.807) is 13.8 Å². The maximum atomic E-state index is 17.4. The third kappa shape index (κ3) is 3.35. The quantitative estimate of drug-likeness (QED) is 0.512. The van der Waals surface area contributed by atoms with E-state index in [0.29, 0.717) is 0 Å². The minimum Gasteiger partial charge on any atom is -0.458 e. The average molecular weight is 573 g/mol. The second-order valence-electron chi connectivity index (χ2n) is 11.1. The van der Waals surface area contributed by atoms with Crippen LogP contribution in [0.2, 0.25) is 0 Å². The van der Waals surface area contributed by atoms with Gasteiger partial charge in [-0.1, -0.05) is 19.9 Å². The topological polar surface area (TPSA) is 107 Å². The van der Waals surface area contributed by atoms with E-state index >= 15 is 8.78 Å². The molecule has 36 heavy (non-hydrogen) atoms. The summed E-state index contributed by atoms with van der Waals surface area (Å²) in [5.41, 5.74) is -7.04. The second-order valence-corrected chi connectivity index (χ2v) is 12.0. The van der Waals surface area contributed by atoms with Crippen LogP contribution in [0.3, 0.4) is 0 Å². The molecule has 0 spiro atoms. The van der Waals surface area contributed by atoms with Crippen LogP contribution in [0.5, 0.6) is 0 Å². The molecule has 4 aliphatic rings. The summed E-state index contributed by atoms with van der Waals surface area (Å²) in [4.78, 5) is 49.5. The van der Waals surface area contributed by atoms with Crippen molar-refractivity contribution in [2.24, 2.45) is 28.6 Å². The number of carbonyl (C=O) groups is 4. The fourth-order valence-corrected chi connectivity index (χ4v) is 8.52. The smallest absolute Gasteiger partial charge is 0.303 e. The van der Waals surface area contributed by atoms with Gasteiger partial charge >= 0.3 is 11.9 Å². The Balaban J connectivity index is 1.87. The molecule has 1 N–H and O–H groups in total. The van der Waals surface area contributed by atoms with Crippen LogP contribution >= 0.6 is 15.9 Å². The van der Waals surface area contributed by atoms with Crippen molar-refractivity contribution < 1.29 is 42.5 Å². The molecule has 3 saturated carbocycles. The van der Waals surface area contributed by atoms with Gasteiger partial charge in [-0.15, -0.1) is 0 Å². The van der Waals surface area contributed by atoms with Crippen molar-refractivity contribution in [3.05, 3.63) is 22.2 Å². The highest BCUT2D eigenvalue weighted by Gasteiger charge is 2.78. The molecular formula is C26H31BrF2O7. The summed E-state index contributed by atoms with van der Waals surface area (Å²) in [6, 6.07) is 0. The van der Waals surface area contributed by atoms with Crippen LogP contribution in [0.15, 0.2) is 22.2 Å². The van der Waals surface area contributed by atoms with Gasteiger partial charge in [0.15, 0.2) is 23.7 Å². The highest BCUT2D eigenvalue weighted by atomic mass is 79.9. The van der Waals surface area contributed by atoms with E-state index in [2.05, 4.69) is 15.9 Å². The number of hydrogen-bond acceptors (Lipinski definition) is 7.